The van der Waals surface area contributed by atoms with E-state index in [0.29, 0.717) is 18.8 Å². The van der Waals surface area contributed by atoms with E-state index in [1.807, 2.05) is 13.8 Å². The maximum atomic E-state index is 12.2. The van der Waals surface area contributed by atoms with Gasteiger partial charge in [0, 0.05) is 7.11 Å². The molecule has 1 aromatic heterocycles. The Balaban J connectivity index is 2.87. The molecule has 0 saturated heterocycles. The first-order valence-electron chi connectivity index (χ1n) is 6.08. The van der Waals surface area contributed by atoms with Gasteiger partial charge in [0.15, 0.2) is 0 Å². The van der Waals surface area contributed by atoms with Crippen molar-refractivity contribution < 1.29 is 9.47 Å². The predicted molar refractivity (Wildman–Crippen MR) is 73.1 cm³/mol. The average molecular weight is 291 g/mol. The Labute approximate surface area is 116 Å². The Hall–Kier alpha value is -1.11. The van der Waals surface area contributed by atoms with E-state index in [-0.39, 0.29) is 29.8 Å². The number of H-pyrrole nitrogens is 1. The summed E-state index contributed by atoms with van der Waals surface area (Å²) in [5, 5.41) is 0.113. The van der Waals surface area contributed by atoms with E-state index >= 15 is 0 Å². The molecule has 0 fully saturated rings. The molecule has 0 radical (unpaired) electrons. The molecule has 0 aliphatic rings. The number of aromatic amines is 1. The minimum atomic E-state index is -0.519. The van der Waals surface area contributed by atoms with Crippen LogP contribution in [0.15, 0.2) is 9.59 Å². The Morgan fingerprint density at radius 2 is 1.95 bits per heavy atom. The first kappa shape index (κ1) is 15.9. The third-order valence-electron chi connectivity index (χ3n) is 2.64. The number of nitrogens with zero attached hydrogens (tertiary/aromatic N) is 1. The van der Waals surface area contributed by atoms with Crippen LogP contribution in [-0.4, -0.2) is 36.5 Å². The van der Waals surface area contributed by atoms with Gasteiger partial charge in [-0.05, 0) is 5.92 Å². The fourth-order valence-corrected chi connectivity index (χ4v) is 2.04. The van der Waals surface area contributed by atoms with Gasteiger partial charge < -0.3 is 9.47 Å². The molecule has 0 atom stereocenters. The van der Waals surface area contributed by atoms with Gasteiger partial charge in [-0.15, -0.1) is 0 Å². The summed E-state index contributed by atoms with van der Waals surface area (Å²) in [7, 11) is 1.58. The molecule has 1 aromatic rings. The molecule has 0 amide bonds. The topological polar surface area (TPSA) is 73.3 Å². The summed E-state index contributed by atoms with van der Waals surface area (Å²) < 4.78 is 11.2. The number of aromatic nitrogens is 2. The Morgan fingerprint density at radius 1 is 1.26 bits per heavy atom. The van der Waals surface area contributed by atoms with Gasteiger partial charge in [-0.3, -0.25) is 14.3 Å². The Kier molecular flexibility index (Phi) is 6.27. The third kappa shape index (κ3) is 4.19. The van der Waals surface area contributed by atoms with Crippen molar-refractivity contribution in [3.05, 3.63) is 31.6 Å². The van der Waals surface area contributed by atoms with E-state index in [2.05, 4.69) is 4.98 Å². The Bertz CT molecular complexity index is 521. The molecule has 108 valence electrons. The fraction of sp³-hybridized carbons (Fsp3) is 0.667. The zero-order valence-corrected chi connectivity index (χ0v) is 12.1. The summed E-state index contributed by atoms with van der Waals surface area (Å²) >= 11 is 5.89. The van der Waals surface area contributed by atoms with E-state index in [1.54, 1.807) is 7.11 Å². The number of halogens is 1. The van der Waals surface area contributed by atoms with Gasteiger partial charge in [-0.2, -0.15) is 0 Å². The molecule has 1 heterocycles. The molecule has 0 spiro atoms. The van der Waals surface area contributed by atoms with Crippen LogP contribution < -0.4 is 11.2 Å². The van der Waals surface area contributed by atoms with Gasteiger partial charge in [0.25, 0.3) is 5.56 Å². The summed E-state index contributed by atoms with van der Waals surface area (Å²) in [5.74, 6) is -0.0579. The van der Waals surface area contributed by atoms with Gasteiger partial charge in [-0.25, -0.2) is 4.79 Å². The van der Waals surface area contributed by atoms with E-state index in [1.165, 1.54) is 0 Å². The van der Waals surface area contributed by atoms with Crippen molar-refractivity contribution >= 4 is 11.6 Å². The normalized spacial score (nSPS) is 11.2. The molecule has 0 saturated carbocycles. The Morgan fingerprint density at radius 3 is 2.53 bits per heavy atom. The minimum absolute atomic E-state index is 0.0579. The van der Waals surface area contributed by atoms with E-state index in [0.717, 1.165) is 4.57 Å². The molecule has 7 heteroatoms. The highest BCUT2D eigenvalue weighted by atomic mass is 35.5. The van der Waals surface area contributed by atoms with Crippen LogP contribution in [0.2, 0.25) is 5.15 Å². The number of hydrogen-bond acceptors (Lipinski definition) is 4. The lowest BCUT2D eigenvalue weighted by atomic mass is 10.1. The summed E-state index contributed by atoms with van der Waals surface area (Å²) in [6.45, 7) is 5.05. The summed E-state index contributed by atoms with van der Waals surface area (Å²) in [6.07, 6.45) is 0. The molecule has 0 bridgehead atoms. The van der Waals surface area contributed by atoms with E-state index < -0.39 is 5.69 Å². The largest absolute Gasteiger partial charge is 0.382 e. The van der Waals surface area contributed by atoms with Gasteiger partial charge in [0.2, 0.25) is 0 Å². The minimum Gasteiger partial charge on any atom is -0.382 e. The molecule has 0 aromatic carbocycles. The molecule has 19 heavy (non-hydrogen) atoms. The lowest BCUT2D eigenvalue weighted by molar-refractivity contribution is 0.0658. The summed E-state index contributed by atoms with van der Waals surface area (Å²) in [4.78, 5) is 26.3. The number of methoxy groups -OCH3 is 1. The van der Waals surface area contributed by atoms with Gasteiger partial charge >= 0.3 is 5.69 Å². The monoisotopic (exact) mass is 290 g/mol. The molecule has 0 aliphatic carbocycles. The highest BCUT2D eigenvalue weighted by Crippen LogP contribution is 2.16. The highest BCUT2D eigenvalue weighted by molar-refractivity contribution is 6.30. The van der Waals surface area contributed by atoms with E-state index in [4.69, 9.17) is 21.1 Å². The van der Waals surface area contributed by atoms with Crippen molar-refractivity contribution in [1.29, 1.82) is 0 Å². The SMILES string of the molecule is COCCOCCn1c(=O)[nH]c(Cl)c(C(C)C)c1=O. The van der Waals surface area contributed by atoms with Crippen LogP contribution in [0.4, 0.5) is 0 Å². The van der Waals surface area contributed by atoms with Crippen LogP contribution in [0.3, 0.4) is 0 Å². The van der Waals surface area contributed by atoms with Gasteiger partial charge in [-0.1, -0.05) is 25.4 Å². The third-order valence-corrected chi connectivity index (χ3v) is 2.94. The number of hydrogen-bond donors (Lipinski definition) is 1. The van der Waals surface area contributed by atoms with Gasteiger partial charge in [0.1, 0.15) is 5.15 Å². The molecule has 0 unspecified atom stereocenters. The second-order valence-electron chi connectivity index (χ2n) is 4.37. The predicted octanol–water partition coefficient (Wildman–Crippen LogP) is 0.976. The quantitative estimate of drug-likeness (QED) is 0.600. The number of rotatable bonds is 7. The number of nitrogens with one attached hydrogen (secondary N) is 1. The summed E-state index contributed by atoms with van der Waals surface area (Å²) in [6, 6.07) is 0. The molecule has 6 nitrogen and oxygen atoms in total. The maximum absolute atomic E-state index is 12.2. The van der Waals surface area contributed by atoms with Crippen LogP contribution >= 0.6 is 11.6 Å². The molecule has 1 N–H and O–H groups in total. The first-order valence-corrected chi connectivity index (χ1v) is 6.46. The average Bonchev–Trinajstić information content (AvgIpc) is 2.31. The molecule has 0 aliphatic heterocycles. The summed E-state index contributed by atoms with van der Waals surface area (Å²) in [5.41, 5.74) is -0.466. The lowest BCUT2D eigenvalue weighted by Gasteiger charge is -2.11. The van der Waals surface area contributed by atoms with Crippen LogP contribution in [0.5, 0.6) is 0 Å². The van der Waals surface area contributed by atoms with Crippen molar-refractivity contribution in [3.63, 3.8) is 0 Å². The fourth-order valence-electron chi connectivity index (χ4n) is 1.66. The smallest absolute Gasteiger partial charge is 0.329 e. The van der Waals surface area contributed by atoms with E-state index in [9.17, 15) is 9.59 Å². The molecular formula is C12H19ClN2O4. The van der Waals surface area contributed by atoms with Crippen molar-refractivity contribution in [3.8, 4) is 0 Å². The molecular weight excluding hydrogens is 272 g/mol. The lowest BCUT2D eigenvalue weighted by Crippen LogP contribution is -2.38. The number of ether oxygens (including phenoxy) is 2. The van der Waals surface area contributed by atoms with Crippen molar-refractivity contribution in [2.45, 2.75) is 26.3 Å². The zero-order valence-electron chi connectivity index (χ0n) is 11.4. The first-order chi connectivity index (χ1) is 8.99. The maximum Gasteiger partial charge on any atom is 0.329 e. The second-order valence-corrected chi connectivity index (χ2v) is 4.75. The van der Waals surface area contributed by atoms with Gasteiger partial charge in [0.05, 0.1) is 31.9 Å². The van der Waals surface area contributed by atoms with Crippen molar-refractivity contribution in [2.24, 2.45) is 0 Å². The van der Waals surface area contributed by atoms with Crippen LogP contribution in [0, 0.1) is 0 Å². The van der Waals surface area contributed by atoms with Crippen molar-refractivity contribution in [1.82, 2.24) is 9.55 Å². The standard InChI is InChI=1S/C12H19ClN2O4/c1-8(2)9-10(13)14-12(17)15(11(9)16)4-5-19-7-6-18-3/h8H,4-7H2,1-3H3,(H,14,17). The van der Waals surface area contributed by atoms with Crippen LogP contribution in [0.1, 0.15) is 25.3 Å². The van der Waals surface area contributed by atoms with Crippen LogP contribution in [0.25, 0.3) is 0 Å². The van der Waals surface area contributed by atoms with Crippen molar-refractivity contribution in [2.75, 3.05) is 26.9 Å². The molecule has 1 rings (SSSR count). The second kappa shape index (κ2) is 7.47. The zero-order chi connectivity index (χ0) is 14.4. The highest BCUT2D eigenvalue weighted by Gasteiger charge is 2.15. The van der Waals surface area contributed by atoms with Crippen LogP contribution in [-0.2, 0) is 16.0 Å².